The van der Waals surface area contributed by atoms with Crippen molar-refractivity contribution in [2.24, 2.45) is 4.99 Å². The first kappa shape index (κ1) is 20.5. The molecular formula is C14H22F3IN4S. The van der Waals surface area contributed by atoms with Crippen molar-refractivity contribution >= 4 is 41.3 Å². The fourth-order valence-electron chi connectivity index (χ4n) is 2.41. The maximum Gasteiger partial charge on any atom is 0.401 e. The summed E-state index contributed by atoms with van der Waals surface area (Å²) in [6, 6.07) is 2.01. The lowest BCUT2D eigenvalue weighted by molar-refractivity contribution is -0.143. The van der Waals surface area contributed by atoms with Gasteiger partial charge in [0.15, 0.2) is 5.96 Å². The van der Waals surface area contributed by atoms with Crippen molar-refractivity contribution in [2.75, 3.05) is 26.2 Å². The van der Waals surface area contributed by atoms with Gasteiger partial charge >= 0.3 is 6.18 Å². The number of halogens is 4. The molecule has 0 radical (unpaired) electrons. The minimum atomic E-state index is -4.13. The first-order chi connectivity index (χ1) is 10.5. The number of thiophene rings is 1. The summed E-state index contributed by atoms with van der Waals surface area (Å²) in [5.41, 5.74) is 1.13. The van der Waals surface area contributed by atoms with Crippen molar-refractivity contribution in [3.8, 4) is 0 Å². The summed E-state index contributed by atoms with van der Waals surface area (Å²) in [6.07, 6.45) is -3.44. The second-order valence-corrected chi connectivity index (χ2v) is 6.09. The van der Waals surface area contributed by atoms with Gasteiger partial charge in [0.1, 0.15) is 0 Å². The standard InChI is InChI=1S/C14H21F3N4S.HI/c1-2-18-13(19-7-11-4-6-22-9-11)20-12-3-5-21(8-12)10-14(15,16)17;/h4,6,9,12H,2-3,5,7-8,10H2,1H3,(H2,18,19,20);1H. The predicted octanol–water partition coefficient (Wildman–Crippen LogP) is 3.06. The Balaban J connectivity index is 0.00000264. The van der Waals surface area contributed by atoms with E-state index in [0.717, 1.165) is 5.56 Å². The lowest BCUT2D eigenvalue weighted by Gasteiger charge is -2.19. The van der Waals surface area contributed by atoms with Crippen molar-refractivity contribution in [3.63, 3.8) is 0 Å². The molecule has 2 N–H and O–H groups in total. The van der Waals surface area contributed by atoms with E-state index in [0.29, 0.717) is 38.6 Å². The van der Waals surface area contributed by atoms with E-state index in [1.165, 1.54) is 4.90 Å². The molecule has 23 heavy (non-hydrogen) atoms. The number of nitrogens with zero attached hydrogens (tertiary/aromatic N) is 2. The maximum atomic E-state index is 12.4. The molecule has 0 aliphatic carbocycles. The molecule has 1 aliphatic heterocycles. The number of aliphatic imine (C=N–C) groups is 1. The average Bonchev–Trinajstić information content (AvgIpc) is 3.06. The zero-order valence-corrected chi connectivity index (χ0v) is 16.0. The van der Waals surface area contributed by atoms with Crippen LogP contribution in [0, 0.1) is 0 Å². The van der Waals surface area contributed by atoms with Crippen LogP contribution in [0.3, 0.4) is 0 Å². The molecule has 2 rings (SSSR count). The zero-order chi connectivity index (χ0) is 16.0. The third kappa shape index (κ3) is 7.71. The molecule has 132 valence electrons. The SMILES string of the molecule is CCNC(=NCc1ccsc1)NC1CCN(CC(F)(F)F)C1.I. The van der Waals surface area contributed by atoms with Crippen LogP contribution < -0.4 is 10.6 Å². The Bertz CT molecular complexity index is 479. The molecule has 0 amide bonds. The van der Waals surface area contributed by atoms with E-state index < -0.39 is 12.7 Å². The van der Waals surface area contributed by atoms with E-state index in [1.54, 1.807) is 11.3 Å². The summed E-state index contributed by atoms with van der Waals surface area (Å²) in [6.45, 7) is 3.26. The van der Waals surface area contributed by atoms with Gasteiger partial charge in [-0.1, -0.05) is 0 Å². The molecule has 0 spiro atoms. The second kappa shape index (κ2) is 9.67. The first-order valence-electron chi connectivity index (χ1n) is 7.31. The normalized spacial score (nSPS) is 19.5. The molecule has 1 atom stereocenters. The lowest BCUT2D eigenvalue weighted by atomic mass is 10.3. The van der Waals surface area contributed by atoms with Crippen molar-refractivity contribution in [3.05, 3.63) is 22.4 Å². The number of hydrogen-bond donors (Lipinski definition) is 2. The highest BCUT2D eigenvalue weighted by molar-refractivity contribution is 14.0. The number of nitrogens with one attached hydrogen (secondary N) is 2. The summed E-state index contributed by atoms with van der Waals surface area (Å²) in [7, 11) is 0. The van der Waals surface area contributed by atoms with Crippen LogP contribution in [0.2, 0.25) is 0 Å². The maximum absolute atomic E-state index is 12.4. The molecule has 0 aromatic carbocycles. The van der Waals surface area contributed by atoms with Crippen LogP contribution in [0.15, 0.2) is 21.8 Å². The third-order valence-corrected chi connectivity index (χ3v) is 4.09. The van der Waals surface area contributed by atoms with Gasteiger partial charge in [0.05, 0.1) is 13.1 Å². The molecule has 9 heteroatoms. The lowest BCUT2D eigenvalue weighted by Crippen LogP contribution is -2.45. The number of hydrogen-bond acceptors (Lipinski definition) is 3. The first-order valence-corrected chi connectivity index (χ1v) is 8.25. The van der Waals surface area contributed by atoms with Crippen LogP contribution in [0.5, 0.6) is 0 Å². The number of alkyl halides is 3. The fraction of sp³-hybridized carbons (Fsp3) is 0.643. The highest BCUT2D eigenvalue weighted by atomic mass is 127. The molecule has 0 saturated carbocycles. The molecule has 4 nitrogen and oxygen atoms in total. The summed E-state index contributed by atoms with van der Waals surface area (Å²) < 4.78 is 37.2. The average molecular weight is 462 g/mol. The largest absolute Gasteiger partial charge is 0.401 e. The van der Waals surface area contributed by atoms with Gasteiger partial charge in [0.25, 0.3) is 0 Å². The molecule has 1 aromatic heterocycles. The van der Waals surface area contributed by atoms with Gasteiger partial charge in [-0.05, 0) is 35.7 Å². The van der Waals surface area contributed by atoms with Crippen LogP contribution in [-0.4, -0.2) is 49.3 Å². The van der Waals surface area contributed by atoms with E-state index in [9.17, 15) is 13.2 Å². The van der Waals surface area contributed by atoms with Gasteiger partial charge in [-0.25, -0.2) is 4.99 Å². The molecule has 0 bridgehead atoms. The zero-order valence-electron chi connectivity index (χ0n) is 12.9. The molecule has 1 fully saturated rings. The quantitative estimate of drug-likeness (QED) is 0.402. The Morgan fingerprint density at radius 2 is 2.26 bits per heavy atom. The molecule has 1 aliphatic rings. The van der Waals surface area contributed by atoms with Gasteiger partial charge in [-0.2, -0.15) is 24.5 Å². The van der Waals surface area contributed by atoms with Crippen LogP contribution in [0.1, 0.15) is 18.9 Å². The van der Waals surface area contributed by atoms with E-state index in [4.69, 9.17) is 0 Å². The van der Waals surface area contributed by atoms with Gasteiger partial charge in [-0.15, -0.1) is 24.0 Å². The van der Waals surface area contributed by atoms with Crippen LogP contribution in [0.4, 0.5) is 13.2 Å². The van der Waals surface area contributed by atoms with Crippen molar-refractivity contribution in [1.29, 1.82) is 0 Å². The molecular weight excluding hydrogens is 440 g/mol. The Morgan fingerprint density at radius 1 is 1.48 bits per heavy atom. The van der Waals surface area contributed by atoms with Gasteiger partial charge in [0, 0.05) is 25.7 Å². The van der Waals surface area contributed by atoms with E-state index in [-0.39, 0.29) is 30.0 Å². The third-order valence-electron chi connectivity index (χ3n) is 3.36. The predicted molar refractivity (Wildman–Crippen MR) is 98.6 cm³/mol. The molecule has 1 aromatic rings. The van der Waals surface area contributed by atoms with Gasteiger partial charge in [-0.3, -0.25) is 4.90 Å². The van der Waals surface area contributed by atoms with Crippen LogP contribution >= 0.6 is 35.3 Å². The summed E-state index contributed by atoms with van der Waals surface area (Å²) in [5.74, 6) is 0.660. The van der Waals surface area contributed by atoms with E-state index in [2.05, 4.69) is 15.6 Å². The van der Waals surface area contributed by atoms with Crippen LogP contribution in [-0.2, 0) is 6.54 Å². The van der Waals surface area contributed by atoms with Crippen molar-refractivity contribution in [1.82, 2.24) is 15.5 Å². The monoisotopic (exact) mass is 462 g/mol. The molecule has 1 saturated heterocycles. The number of rotatable bonds is 5. The Hall–Kier alpha value is -0.550. The van der Waals surface area contributed by atoms with E-state index in [1.807, 2.05) is 23.8 Å². The smallest absolute Gasteiger partial charge is 0.357 e. The van der Waals surface area contributed by atoms with Crippen LogP contribution in [0.25, 0.3) is 0 Å². The Morgan fingerprint density at radius 3 is 2.87 bits per heavy atom. The Kier molecular flexibility index (Phi) is 8.62. The van der Waals surface area contributed by atoms with Crippen molar-refractivity contribution in [2.45, 2.75) is 32.1 Å². The topological polar surface area (TPSA) is 39.7 Å². The second-order valence-electron chi connectivity index (χ2n) is 5.31. The summed E-state index contributed by atoms with van der Waals surface area (Å²) in [4.78, 5) is 5.91. The number of guanidine groups is 1. The number of likely N-dealkylation sites (tertiary alicyclic amines) is 1. The summed E-state index contributed by atoms with van der Waals surface area (Å²) >= 11 is 1.62. The fourth-order valence-corrected chi connectivity index (χ4v) is 3.07. The minimum absolute atomic E-state index is 0. The minimum Gasteiger partial charge on any atom is -0.357 e. The van der Waals surface area contributed by atoms with Gasteiger partial charge in [0.2, 0.25) is 0 Å². The molecule has 2 heterocycles. The van der Waals surface area contributed by atoms with E-state index >= 15 is 0 Å². The Labute approximate surface area is 155 Å². The highest BCUT2D eigenvalue weighted by Crippen LogP contribution is 2.19. The van der Waals surface area contributed by atoms with Crippen molar-refractivity contribution < 1.29 is 13.2 Å². The molecule has 1 unspecified atom stereocenters. The summed E-state index contributed by atoms with van der Waals surface area (Å²) in [5, 5.41) is 10.4. The van der Waals surface area contributed by atoms with Gasteiger partial charge < -0.3 is 10.6 Å². The highest BCUT2D eigenvalue weighted by Gasteiger charge is 2.34.